The minimum Gasteiger partial charge on any atom is -0.862 e. The van der Waals surface area contributed by atoms with Crippen LogP contribution in [0.3, 0.4) is 0 Å². The Hall–Kier alpha value is -0.580. The fourth-order valence-electron chi connectivity index (χ4n) is 1.59. The van der Waals surface area contributed by atoms with Gasteiger partial charge in [0.05, 0.1) is 6.61 Å². The Morgan fingerprint density at radius 3 is 2.47 bits per heavy atom. The quantitative estimate of drug-likeness (QED) is 0.229. The standard InChI is InChI=1S/C8H16NO9P/c1-3(10)9-5-7(12)6(11)4(18-8(5)13)2-17-19(14,15)16/h4-8,11-13H,2H2,1H3,(H,9,10)(H2,14,15,16)/p-2/t4-,5-,6-,7-,8?/m1/s1. The normalized spacial score (nSPS) is 39.9. The van der Waals surface area contributed by atoms with E-state index in [0.717, 1.165) is 6.92 Å². The van der Waals surface area contributed by atoms with Crippen molar-refractivity contribution in [2.75, 3.05) is 6.61 Å². The topological polar surface area (TPSA) is 175 Å². The third-order valence-electron chi connectivity index (χ3n) is 2.42. The Kier molecular flexibility index (Phi) is 5.42. The molecule has 0 aromatic carbocycles. The predicted molar refractivity (Wildman–Crippen MR) is 55.6 cm³/mol. The maximum absolute atomic E-state index is 10.8. The number of phosphoric acid groups is 1. The molecule has 1 saturated heterocycles. The van der Waals surface area contributed by atoms with E-state index in [2.05, 4.69) is 9.52 Å². The van der Waals surface area contributed by atoms with Crippen LogP contribution in [0.5, 0.6) is 0 Å². The highest BCUT2D eigenvalue weighted by molar-refractivity contribution is 7.44. The van der Waals surface area contributed by atoms with Gasteiger partial charge in [0.1, 0.15) is 24.4 Å². The number of ether oxygens (including phenoxy) is 1. The number of hydrogen-bond acceptors (Lipinski definition) is 9. The van der Waals surface area contributed by atoms with Gasteiger partial charge in [-0.2, -0.15) is 0 Å². The second-order valence-corrected chi connectivity index (χ2v) is 5.14. The van der Waals surface area contributed by atoms with Crippen molar-refractivity contribution in [1.82, 2.24) is 0 Å². The highest BCUT2D eigenvalue weighted by Crippen LogP contribution is 2.32. The van der Waals surface area contributed by atoms with Gasteiger partial charge in [0.15, 0.2) is 6.29 Å². The second kappa shape index (κ2) is 6.25. The molecular formula is C8H14NO9P-2. The van der Waals surface area contributed by atoms with Gasteiger partial charge in [-0.25, -0.2) is 0 Å². The van der Waals surface area contributed by atoms with Gasteiger partial charge in [-0.3, -0.25) is 9.56 Å². The predicted octanol–water partition coefficient (Wildman–Crippen LogP) is -3.95. The van der Waals surface area contributed by atoms with Gasteiger partial charge in [-0.1, -0.05) is 0 Å². The van der Waals surface area contributed by atoms with Gasteiger partial charge in [-0.05, 0) is 12.8 Å². The van der Waals surface area contributed by atoms with Crippen molar-refractivity contribution in [2.45, 2.75) is 37.6 Å². The van der Waals surface area contributed by atoms with Gasteiger partial charge in [0, 0.05) is 0 Å². The fraction of sp³-hybridized carbons (Fsp3) is 0.875. The molecule has 4 N–H and O–H groups in total. The smallest absolute Gasteiger partial charge is 0.265 e. The van der Waals surface area contributed by atoms with E-state index in [9.17, 15) is 29.9 Å². The first-order chi connectivity index (χ1) is 8.61. The zero-order valence-corrected chi connectivity index (χ0v) is 10.7. The summed E-state index contributed by atoms with van der Waals surface area (Å²) in [5, 5.41) is 39.6. The number of hydrogen-bond donors (Lipinski definition) is 4. The van der Waals surface area contributed by atoms with E-state index in [0.29, 0.717) is 0 Å². The van der Waals surface area contributed by atoms with Gasteiger partial charge in [-0.15, -0.1) is 0 Å². The van der Waals surface area contributed by atoms with Crippen LogP contribution in [0.15, 0.2) is 4.99 Å². The molecular weight excluding hydrogens is 285 g/mol. The number of rotatable bonds is 4. The lowest BCUT2D eigenvalue weighted by Crippen LogP contribution is -2.58. The molecule has 1 heterocycles. The molecule has 1 rings (SSSR count). The van der Waals surface area contributed by atoms with Crippen LogP contribution in [-0.2, 0) is 13.8 Å². The molecule has 0 aliphatic carbocycles. The first-order valence-corrected chi connectivity index (χ1v) is 6.71. The van der Waals surface area contributed by atoms with E-state index in [1.54, 1.807) is 0 Å². The van der Waals surface area contributed by atoms with Crippen molar-refractivity contribution in [3.05, 3.63) is 0 Å². The SMILES string of the molecule is CC([O-])=N[C@H]1C(O)O[C@H](COP(=O)([O-])O)[C@@H](O)[C@@H]1O. The van der Waals surface area contributed by atoms with Crippen molar-refractivity contribution in [3.63, 3.8) is 0 Å². The molecule has 0 radical (unpaired) electrons. The number of aliphatic hydroxyl groups excluding tert-OH is 3. The lowest BCUT2D eigenvalue weighted by molar-refractivity contribution is -0.260. The monoisotopic (exact) mass is 299 g/mol. The first-order valence-electron chi connectivity index (χ1n) is 5.21. The van der Waals surface area contributed by atoms with Crippen LogP contribution in [0.2, 0.25) is 0 Å². The molecule has 1 aliphatic rings. The summed E-state index contributed by atoms with van der Waals surface area (Å²) in [5.41, 5.74) is 0. The van der Waals surface area contributed by atoms with Crippen molar-refractivity contribution < 1.29 is 44.0 Å². The van der Waals surface area contributed by atoms with Gasteiger partial charge in [0.25, 0.3) is 7.82 Å². The minimum absolute atomic E-state index is 0.687. The maximum Gasteiger partial charge on any atom is 0.265 e. The molecule has 0 amide bonds. The molecule has 10 nitrogen and oxygen atoms in total. The van der Waals surface area contributed by atoms with Gasteiger partial charge in [0.2, 0.25) is 0 Å². The Labute approximate surface area is 108 Å². The molecule has 1 fully saturated rings. The maximum atomic E-state index is 10.8. The number of phosphoric ester groups is 1. The largest absolute Gasteiger partial charge is 0.862 e. The average molecular weight is 299 g/mol. The van der Waals surface area contributed by atoms with E-state index in [1.807, 2.05) is 0 Å². The summed E-state index contributed by atoms with van der Waals surface area (Å²) in [5.74, 6) is -0.687. The second-order valence-electron chi connectivity index (χ2n) is 3.95. The van der Waals surface area contributed by atoms with Crippen LogP contribution >= 0.6 is 7.82 Å². The molecule has 0 aromatic heterocycles. The summed E-state index contributed by atoms with van der Waals surface area (Å²) >= 11 is 0. The molecule has 11 heteroatoms. The first kappa shape index (κ1) is 16.5. The molecule has 2 unspecified atom stereocenters. The van der Waals surface area contributed by atoms with Crippen LogP contribution in [0, 0.1) is 0 Å². The third-order valence-corrected chi connectivity index (χ3v) is 2.90. The van der Waals surface area contributed by atoms with Crippen molar-refractivity contribution in [3.8, 4) is 0 Å². The fourth-order valence-corrected chi connectivity index (χ4v) is 1.92. The van der Waals surface area contributed by atoms with Crippen LogP contribution in [0.25, 0.3) is 0 Å². The minimum atomic E-state index is -5.02. The average Bonchev–Trinajstić information content (AvgIpc) is 2.26. The van der Waals surface area contributed by atoms with Crippen molar-refractivity contribution in [1.29, 1.82) is 0 Å². The van der Waals surface area contributed by atoms with E-state index >= 15 is 0 Å². The Balaban J connectivity index is 2.72. The summed E-state index contributed by atoms with van der Waals surface area (Å²) in [7, 11) is -5.02. The van der Waals surface area contributed by atoms with E-state index in [-0.39, 0.29) is 0 Å². The van der Waals surface area contributed by atoms with Gasteiger partial charge < -0.3 is 39.5 Å². The van der Waals surface area contributed by atoms with Gasteiger partial charge >= 0.3 is 0 Å². The molecule has 1 aliphatic heterocycles. The molecule has 19 heavy (non-hydrogen) atoms. The van der Waals surface area contributed by atoms with Crippen molar-refractivity contribution >= 4 is 13.7 Å². The van der Waals surface area contributed by atoms with Crippen LogP contribution in [0.1, 0.15) is 6.92 Å². The third kappa shape index (κ3) is 4.79. The van der Waals surface area contributed by atoms with Crippen LogP contribution < -0.4 is 10.00 Å². The van der Waals surface area contributed by atoms with E-state index in [1.165, 1.54) is 0 Å². The summed E-state index contributed by atoms with van der Waals surface area (Å²) in [4.78, 5) is 22.1. The zero-order valence-electron chi connectivity index (χ0n) is 9.82. The highest BCUT2D eigenvalue weighted by Gasteiger charge is 2.44. The summed E-state index contributed by atoms with van der Waals surface area (Å²) < 4.78 is 19.2. The van der Waals surface area contributed by atoms with E-state index < -0.39 is 51.0 Å². The Bertz CT molecular complexity index is 378. The number of nitrogens with zero attached hydrogens (tertiary/aromatic N) is 1. The molecule has 0 aromatic rings. The number of aliphatic hydroxyl groups is 3. The molecule has 112 valence electrons. The lowest BCUT2D eigenvalue weighted by atomic mass is 9.97. The molecule has 0 spiro atoms. The summed E-state index contributed by atoms with van der Waals surface area (Å²) in [6.45, 7) is 0.278. The van der Waals surface area contributed by atoms with E-state index in [4.69, 9.17) is 9.63 Å². The van der Waals surface area contributed by atoms with Crippen molar-refractivity contribution in [2.24, 2.45) is 4.99 Å². The van der Waals surface area contributed by atoms with Crippen LogP contribution in [0.4, 0.5) is 0 Å². The molecule has 0 bridgehead atoms. The summed E-state index contributed by atoms with van der Waals surface area (Å²) in [6.07, 6.45) is -6.42. The highest BCUT2D eigenvalue weighted by atomic mass is 31.2. The Morgan fingerprint density at radius 1 is 1.42 bits per heavy atom. The van der Waals surface area contributed by atoms with Crippen LogP contribution in [-0.4, -0.2) is 63.4 Å². The zero-order chi connectivity index (χ0) is 14.8. The molecule has 0 saturated carbocycles. The molecule has 6 atom stereocenters. The lowest BCUT2D eigenvalue weighted by Gasteiger charge is -2.39. The Morgan fingerprint density at radius 2 is 2.00 bits per heavy atom. The number of aliphatic imine (C=N–C) groups is 1. The summed E-state index contributed by atoms with van der Waals surface area (Å²) in [6, 6.07) is -1.39.